The van der Waals surface area contributed by atoms with E-state index in [-0.39, 0.29) is 0 Å². The summed E-state index contributed by atoms with van der Waals surface area (Å²) >= 11 is 0. The molecular weight excluding hydrogens is 418 g/mol. The molecule has 0 aliphatic rings. The first-order valence-corrected chi connectivity index (χ1v) is 11.3. The number of aromatic nitrogens is 5. The Kier molecular flexibility index (Phi) is 4.81. The zero-order valence-electron chi connectivity index (χ0n) is 19.1. The van der Waals surface area contributed by atoms with Crippen LogP contribution in [0, 0.1) is 13.8 Å². The number of benzene rings is 4. The number of fused-ring (bicyclic) bond motifs is 1. The molecule has 0 aliphatic carbocycles. The lowest BCUT2D eigenvalue weighted by Crippen LogP contribution is -2.05. The van der Waals surface area contributed by atoms with E-state index in [2.05, 4.69) is 100 Å². The lowest BCUT2D eigenvalue weighted by atomic mass is 9.99. The second-order valence-corrected chi connectivity index (χ2v) is 8.47. The van der Waals surface area contributed by atoms with E-state index < -0.39 is 0 Å². The van der Waals surface area contributed by atoms with Gasteiger partial charge in [-0.15, -0.1) is 0 Å². The molecule has 5 heteroatoms. The number of nitrogens with zero attached hydrogens (tertiary/aromatic N) is 5. The second kappa shape index (κ2) is 8.12. The molecule has 0 N–H and O–H groups in total. The van der Waals surface area contributed by atoms with Gasteiger partial charge < -0.3 is 0 Å². The fourth-order valence-electron chi connectivity index (χ4n) is 4.64. The van der Waals surface area contributed by atoms with Crippen molar-refractivity contribution in [2.45, 2.75) is 13.8 Å². The second-order valence-electron chi connectivity index (χ2n) is 8.47. The van der Waals surface area contributed by atoms with Crippen LogP contribution >= 0.6 is 0 Å². The SMILES string of the molecule is Cc1cc(-c2ccccc2)cc(C)c1-n1ncnc1-c1ccc2c(c1)ncn2-c1ccccc1. The van der Waals surface area contributed by atoms with Crippen molar-refractivity contribution in [1.82, 2.24) is 24.3 Å². The Morgan fingerprint density at radius 1 is 0.647 bits per heavy atom. The van der Waals surface area contributed by atoms with Crippen LogP contribution in [0.5, 0.6) is 0 Å². The van der Waals surface area contributed by atoms with Crippen LogP contribution in [0.4, 0.5) is 0 Å². The topological polar surface area (TPSA) is 48.5 Å². The number of aryl methyl sites for hydroxylation is 2. The Bertz CT molecular complexity index is 1590. The first kappa shape index (κ1) is 20.1. The summed E-state index contributed by atoms with van der Waals surface area (Å²) in [6.07, 6.45) is 3.48. The Balaban J connectivity index is 1.43. The molecule has 0 radical (unpaired) electrons. The van der Waals surface area contributed by atoms with E-state index in [1.807, 2.05) is 35.3 Å². The lowest BCUT2D eigenvalue weighted by Gasteiger charge is -2.15. The van der Waals surface area contributed by atoms with Crippen molar-refractivity contribution in [1.29, 1.82) is 0 Å². The van der Waals surface area contributed by atoms with Crippen molar-refractivity contribution in [3.8, 4) is 33.9 Å². The van der Waals surface area contributed by atoms with Crippen molar-refractivity contribution in [3.63, 3.8) is 0 Å². The Labute approximate surface area is 198 Å². The molecule has 34 heavy (non-hydrogen) atoms. The van der Waals surface area contributed by atoms with Crippen LogP contribution in [-0.4, -0.2) is 24.3 Å². The van der Waals surface area contributed by atoms with E-state index in [1.54, 1.807) is 6.33 Å². The van der Waals surface area contributed by atoms with Gasteiger partial charge in [0, 0.05) is 11.3 Å². The van der Waals surface area contributed by atoms with E-state index >= 15 is 0 Å². The predicted molar refractivity (Wildman–Crippen MR) is 136 cm³/mol. The highest BCUT2D eigenvalue weighted by Gasteiger charge is 2.16. The average molecular weight is 442 g/mol. The van der Waals surface area contributed by atoms with Crippen molar-refractivity contribution < 1.29 is 0 Å². The number of hydrogen-bond acceptors (Lipinski definition) is 3. The van der Waals surface area contributed by atoms with Gasteiger partial charge in [0.1, 0.15) is 12.7 Å². The first-order valence-electron chi connectivity index (χ1n) is 11.3. The van der Waals surface area contributed by atoms with Gasteiger partial charge in [-0.25, -0.2) is 14.6 Å². The van der Waals surface area contributed by atoms with Gasteiger partial charge in [0.2, 0.25) is 0 Å². The summed E-state index contributed by atoms with van der Waals surface area (Å²) in [5, 5.41) is 4.60. The maximum Gasteiger partial charge on any atom is 0.163 e. The summed E-state index contributed by atoms with van der Waals surface area (Å²) in [5.74, 6) is 0.801. The van der Waals surface area contributed by atoms with E-state index in [9.17, 15) is 0 Å². The molecular formula is C29H23N5. The fraction of sp³-hybridized carbons (Fsp3) is 0.0690. The van der Waals surface area contributed by atoms with E-state index in [0.29, 0.717) is 0 Å². The van der Waals surface area contributed by atoms with Gasteiger partial charge in [0.15, 0.2) is 5.82 Å². The molecule has 2 heterocycles. The highest BCUT2D eigenvalue weighted by molar-refractivity contribution is 5.82. The number of rotatable bonds is 4. The zero-order chi connectivity index (χ0) is 23.1. The number of imidazole rings is 1. The third-order valence-electron chi connectivity index (χ3n) is 6.20. The Morgan fingerprint density at radius 2 is 1.35 bits per heavy atom. The predicted octanol–water partition coefficient (Wildman–Crippen LogP) is 6.56. The van der Waals surface area contributed by atoms with Gasteiger partial charge in [0.25, 0.3) is 0 Å². The molecule has 2 aromatic heterocycles. The molecule has 5 nitrogen and oxygen atoms in total. The van der Waals surface area contributed by atoms with Gasteiger partial charge in [-0.2, -0.15) is 5.10 Å². The molecule has 0 amide bonds. The van der Waals surface area contributed by atoms with Crippen molar-refractivity contribution in [2.24, 2.45) is 0 Å². The molecule has 0 spiro atoms. The summed E-state index contributed by atoms with van der Waals surface area (Å²) < 4.78 is 4.04. The minimum Gasteiger partial charge on any atom is -0.299 e. The Morgan fingerprint density at radius 3 is 2.09 bits per heavy atom. The zero-order valence-corrected chi connectivity index (χ0v) is 19.1. The molecule has 0 unspecified atom stereocenters. The highest BCUT2D eigenvalue weighted by atomic mass is 15.3. The van der Waals surface area contributed by atoms with E-state index in [0.717, 1.165) is 44.9 Å². The minimum absolute atomic E-state index is 0.801. The van der Waals surface area contributed by atoms with Crippen LogP contribution in [0.2, 0.25) is 0 Å². The van der Waals surface area contributed by atoms with Gasteiger partial charge in [-0.05, 0) is 78.6 Å². The van der Waals surface area contributed by atoms with Crippen LogP contribution in [0.15, 0.2) is 104 Å². The van der Waals surface area contributed by atoms with Gasteiger partial charge in [-0.1, -0.05) is 48.5 Å². The largest absolute Gasteiger partial charge is 0.299 e. The quantitative estimate of drug-likeness (QED) is 0.311. The Hall–Kier alpha value is -4.51. The van der Waals surface area contributed by atoms with Gasteiger partial charge in [-0.3, -0.25) is 4.57 Å². The van der Waals surface area contributed by atoms with Crippen molar-refractivity contribution in [2.75, 3.05) is 0 Å². The van der Waals surface area contributed by atoms with Crippen LogP contribution in [-0.2, 0) is 0 Å². The molecule has 0 aliphatic heterocycles. The van der Waals surface area contributed by atoms with Crippen molar-refractivity contribution in [3.05, 3.63) is 115 Å². The van der Waals surface area contributed by atoms with Crippen LogP contribution in [0.25, 0.3) is 44.9 Å². The molecule has 0 saturated carbocycles. The minimum atomic E-state index is 0.801. The molecule has 6 aromatic rings. The summed E-state index contributed by atoms with van der Waals surface area (Å²) in [6.45, 7) is 4.26. The smallest absolute Gasteiger partial charge is 0.163 e. The normalized spacial score (nSPS) is 11.2. The maximum absolute atomic E-state index is 4.65. The van der Waals surface area contributed by atoms with E-state index in [4.69, 9.17) is 0 Å². The first-order chi connectivity index (χ1) is 16.7. The molecule has 0 fully saturated rings. The van der Waals surface area contributed by atoms with Crippen molar-refractivity contribution >= 4 is 11.0 Å². The molecule has 0 saturated heterocycles. The molecule has 6 rings (SSSR count). The van der Waals surface area contributed by atoms with Crippen LogP contribution in [0.3, 0.4) is 0 Å². The molecule has 164 valence electrons. The number of para-hydroxylation sites is 1. The lowest BCUT2D eigenvalue weighted by molar-refractivity contribution is 0.871. The molecule has 0 bridgehead atoms. The maximum atomic E-state index is 4.65. The van der Waals surface area contributed by atoms with Crippen LogP contribution in [0.1, 0.15) is 11.1 Å². The summed E-state index contributed by atoms with van der Waals surface area (Å²) in [6, 6.07) is 31.4. The summed E-state index contributed by atoms with van der Waals surface area (Å²) in [4.78, 5) is 9.27. The molecule has 4 aromatic carbocycles. The monoisotopic (exact) mass is 441 g/mol. The van der Waals surface area contributed by atoms with E-state index in [1.165, 1.54) is 11.1 Å². The summed E-state index contributed by atoms with van der Waals surface area (Å²) in [7, 11) is 0. The third-order valence-corrected chi connectivity index (χ3v) is 6.20. The third kappa shape index (κ3) is 3.39. The molecule has 0 atom stereocenters. The fourth-order valence-corrected chi connectivity index (χ4v) is 4.64. The average Bonchev–Trinajstić information content (AvgIpc) is 3.52. The number of hydrogen-bond donors (Lipinski definition) is 0. The standard InChI is InChI=1S/C29H23N5/c1-20-15-24(22-9-5-3-6-10-22)16-21(2)28(20)34-29(30-18-32-34)23-13-14-27-26(17-23)31-19-33(27)25-11-7-4-8-12-25/h3-19H,1-2H3. The summed E-state index contributed by atoms with van der Waals surface area (Å²) in [5.41, 5.74) is 9.82. The van der Waals surface area contributed by atoms with Gasteiger partial charge >= 0.3 is 0 Å². The van der Waals surface area contributed by atoms with Crippen LogP contribution < -0.4 is 0 Å². The van der Waals surface area contributed by atoms with Gasteiger partial charge in [0.05, 0.1) is 16.7 Å². The highest BCUT2D eigenvalue weighted by Crippen LogP contribution is 2.31.